The van der Waals surface area contributed by atoms with Crippen molar-refractivity contribution in [3.63, 3.8) is 0 Å². The summed E-state index contributed by atoms with van der Waals surface area (Å²) in [7, 11) is 0. The Morgan fingerprint density at radius 2 is 2.44 bits per heavy atom. The third-order valence-electron chi connectivity index (χ3n) is 4.76. The Kier molecular flexibility index (Phi) is 1.54. The van der Waals surface area contributed by atoms with Crippen LogP contribution < -0.4 is 0 Å². The molecule has 16 heavy (non-hydrogen) atoms. The van der Waals surface area contributed by atoms with E-state index >= 15 is 0 Å². The number of aliphatic hydroxyl groups excluding tert-OH is 1. The number of hydrogen-bond acceptors (Lipinski definition) is 4. The van der Waals surface area contributed by atoms with Crippen LogP contribution in [-0.4, -0.2) is 46.3 Å². The van der Waals surface area contributed by atoms with Gasteiger partial charge in [-0.15, -0.1) is 0 Å². The lowest BCUT2D eigenvalue weighted by Gasteiger charge is -2.56. The Labute approximate surface area is 93.9 Å². The fourth-order valence-corrected chi connectivity index (χ4v) is 4.19. The fourth-order valence-electron chi connectivity index (χ4n) is 4.19. The molecular formula is C12H15NO3. The summed E-state index contributed by atoms with van der Waals surface area (Å²) in [6, 6.07) is 0.544. The zero-order valence-electron chi connectivity index (χ0n) is 9.06. The van der Waals surface area contributed by atoms with Gasteiger partial charge in [0.2, 0.25) is 0 Å². The third-order valence-corrected chi connectivity index (χ3v) is 4.76. The Bertz CT molecular complexity index is 405. The predicted octanol–water partition coefficient (Wildman–Crippen LogP) is 0.210. The van der Waals surface area contributed by atoms with E-state index in [-0.39, 0.29) is 18.1 Å². The van der Waals surface area contributed by atoms with Gasteiger partial charge in [-0.2, -0.15) is 0 Å². The van der Waals surface area contributed by atoms with Crippen LogP contribution >= 0.6 is 0 Å². The zero-order valence-corrected chi connectivity index (χ0v) is 9.06. The smallest absolute Gasteiger partial charge is 0.331 e. The minimum Gasteiger partial charge on any atom is -0.450 e. The molecule has 0 radical (unpaired) electrons. The molecule has 0 amide bonds. The van der Waals surface area contributed by atoms with Crippen molar-refractivity contribution >= 4 is 5.97 Å². The summed E-state index contributed by atoms with van der Waals surface area (Å²) in [5.74, 6) is -0.211. The van der Waals surface area contributed by atoms with E-state index < -0.39 is 5.60 Å². The zero-order chi connectivity index (χ0) is 10.9. The quantitative estimate of drug-likeness (QED) is 0.594. The predicted molar refractivity (Wildman–Crippen MR) is 55.7 cm³/mol. The van der Waals surface area contributed by atoms with Gasteiger partial charge in [0, 0.05) is 18.5 Å². The van der Waals surface area contributed by atoms with Gasteiger partial charge in [0.05, 0.1) is 12.1 Å². The van der Waals surface area contributed by atoms with Gasteiger partial charge in [0.25, 0.3) is 0 Å². The first-order valence-electron chi connectivity index (χ1n) is 6.08. The summed E-state index contributed by atoms with van der Waals surface area (Å²) in [5.41, 5.74) is 0.665. The molecule has 4 heteroatoms. The molecule has 86 valence electrons. The molecule has 4 atom stereocenters. The monoisotopic (exact) mass is 221 g/mol. The Morgan fingerprint density at radius 1 is 1.56 bits per heavy atom. The molecule has 0 aromatic carbocycles. The molecule has 0 aromatic heterocycles. The summed E-state index contributed by atoms with van der Waals surface area (Å²) in [6.45, 7) is 1.04. The van der Waals surface area contributed by atoms with Crippen LogP contribution in [0.3, 0.4) is 0 Å². The summed E-state index contributed by atoms with van der Waals surface area (Å²) in [4.78, 5) is 13.9. The molecule has 5 rings (SSSR count). The van der Waals surface area contributed by atoms with Crippen molar-refractivity contribution in [3.8, 4) is 0 Å². The number of fused-ring (bicyclic) bond motifs is 1. The standard InChI is InChI=1S/C12H15NO3/c14-9-6-12-7(5-11(15)16-12)4-8(9)13-3-1-2-10(12)13/h5,8-10,14H,1-4,6H2. The van der Waals surface area contributed by atoms with E-state index in [1.165, 1.54) is 0 Å². The molecule has 1 spiro atoms. The number of rotatable bonds is 0. The van der Waals surface area contributed by atoms with Crippen molar-refractivity contribution in [1.82, 2.24) is 4.90 Å². The molecule has 5 aliphatic rings. The lowest BCUT2D eigenvalue weighted by Crippen LogP contribution is -2.68. The van der Waals surface area contributed by atoms with Crippen LogP contribution in [0.5, 0.6) is 0 Å². The number of carbonyl (C=O) groups is 1. The van der Waals surface area contributed by atoms with Gasteiger partial charge in [-0.25, -0.2) is 4.79 Å². The van der Waals surface area contributed by atoms with Crippen LogP contribution in [0.2, 0.25) is 0 Å². The molecule has 4 fully saturated rings. The summed E-state index contributed by atoms with van der Waals surface area (Å²) in [6.07, 6.45) is 4.99. The van der Waals surface area contributed by atoms with E-state index in [0.29, 0.717) is 12.5 Å². The minimum absolute atomic E-state index is 0.211. The van der Waals surface area contributed by atoms with Gasteiger partial charge in [0.15, 0.2) is 5.60 Å². The van der Waals surface area contributed by atoms with Crippen molar-refractivity contribution in [2.45, 2.75) is 49.5 Å². The van der Waals surface area contributed by atoms with Crippen molar-refractivity contribution in [2.75, 3.05) is 6.54 Å². The molecule has 1 saturated carbocycles. The van der Waals surface area contributed by atoms with Crippen LogP contribution in [0.4, 0.5) is 0 Å². The first-order chi connectivity index (χ1) is 7.71. The number of aliphatic hydroxyl groups is 1. The number of esters is 1. The lowest BCUT2D eigenvalue weighted by atomic mass is 9.67. The van der Waals surface area contributed by atoms with Crippen LogP contribution in [-0.2, 0) is 9.53 Å². The average molecular weight is 221 g/mol. The highest BCUT2D eigenvalue weighted by Crippen LogP contribution is 2.53. The third kappa shape index (κ3) is 0.870. The molecule has 4 aliphatic heterocycles. The van der Waals surface area contributed by atoms with E-state index in [4.69, 9.17) is 4.74 Å². The highest BCUT2D eigenvalue weighted by Gasteiger charge is 2.63. The van der Waals surface area contributed by atoms with Gasteiger partial charge in [0.1, 0.15) is 0 Å². The summed E-state index contributed by atoms with van der Waals surface area (Å²) >= 11 is 0. The molecule has 0 aromatic rings. The molecular weight excluding hydrogens is 206 g/mol. The Balaban J connectivity index is 1.86. The SMILES string of the molecule is O=C1C=C2CC3C(O)CC2(O1)C1CCCN31. The van der Waals surface area contributed by atoms with Crippen molar-refractivity contribution in [1.29, 1.82) is 0 Å². The van der Waals surface area contributed by atoms with Gasteiger partial charge in [-0.3, -0.25) is 4.90 Å². The number of ether oxygens (including phenoxy) is 1. The second-order valence-electron chi connectivity index (χ2n) is 5.42. The molecule has 1 aliphatic carbocycles. The maximum absolute atomic E-state index is 11.5. The average Bonchev–Trinajstić information content (AvgIpc) is 2.79. The van der Waals surface area contributed by atoms with E-state index in [1.54, 1.807) is 6.08 Å². The largest absolute Gasteiger partial charge is 0.450 e. The van der Waals surface area contributed by atoms with E-state index in [0.717, 1.165) is 31.4 Å². The van der Waals surface area contributed by atoms with Gasteiger partial charge in [-0.05, 0) is 31.4 Å². The van der Waals surface area contributed by atoms with E-state index in [1.807, 2.05) is 0 Å². The van der Waals surface area contributed by atoms with E-state index in [2.05, 4.69) is 4.90 Å². The van der Waals surface area contributed by atoms with Crippen LogP contribution in [0.25, 0.3) is 0 Å². The highest BCUT2D eigenvalue weighted by molar-refractivity contribution is 5.87. The number of hydrogen-bond donors (Lipinski definition) is 1. The molecule has 4 heterocycles. The van der Waals surface area contributed by atoms with Crippen LogP contribution in [0.15, 0.2) is 11.6 Å². The number of nitrogens with zero attached hydrogens (tertiary/aromatic N) is 1. The topological polar surface area (TPSA) is 49.8 Å². The van der Waals surface area contributed by atoms with Crippen LogP contribution in [0.1, 0.15) is 25.7 Å². The van der Waals surface area contributed by atoms with Crippen molar-refractivity contribution in [2.24, 2.45) is 0 Å². The van der Waals surface area contributed by atoms with Gasteiger partial charge >= 0.3 is 5.97 Å². The maximum Gasteiger partial charge on any atom is 0.331 e. The molecule has 4 nitrogen and oxygen atoms in total. The Morgan fingerprint density at radius 3 is 3.31 bits per heavy atom. The summed E-state index contributed by atoms with van der Waals surface area (Å²) < 4.78 is 5.59. The molecule has 3 saturated heterocycles. The minimum atomic E-state index is -0.470. The fraction of sp³-hybridized carbons (Fsp3) is 0.750. The highest BCUT2D eigenvalue weighted by atomic mass is 16.6. The lowest BCUT2D eigenvalue weighted by molar-refractivity contribution is -0.176. The molecule has 4 unspecified atom stereocenters. The molecule has 1 N–H and O–H groups in total. The second kappa shape index (κ2) is 2.68. The molecule has 2 bridgehead atoms. The Hall–Kier alpha value is -0.870. The maximum atomic E-state index is 11.5. The van der Waals surface area contributed by atoms with Gasteiger partial charge < -0.3 is 9.84 Å². The number of piperidine rings is 2. The van der Waals surface area contributed by atoms with E-state index in [9.17, 15) is 9.90 Å². The first kappa shape index (κ1) is 9.19. The second-order valence-corrected chi connectivity index (χ2v) is 5.42. The van der Waals surface area contributed by atoms with Crippen LogP contribution in [0, 0.1) is 0 Å². The first-order valence-corrected chi connectivity index (χ1v) is 6.08. The normalized spacial score (nSPS) is 49.9. The van der Waals surface area contributed by atoms with Gasteiger partial charge in [-0.1, -0.05) is 0 Å². The van der Waals surface area contributed by atoms with Crippen molar-refractivity contribution < 1.29 is 14.6 Å². The number of carbonyl (C=O) groups excluding carboxylic acids is 1. The van der Waals surface area contributed by atoms with Crippen molar-refractivity contribution in [3.05, 3.63) is 11.6 Å². The summed E-state index contributed by atoms with van der Waals surface area (Å²) in [5, 5.41) is 10.1.